The first-order valence-electron chi connectivity index (χ1n) is 5.10. The maximum Gasteiger partial charge on any atom is 0.347 e. The number of thiophene rings is 1. The van der Waals surface area contributed by atoms with Gasteiger partial charge in [0, 0.05) is 28.2 Å². The summed E-state index contributed by atoms with van der Waals surface area (Å²) in [5, 5.41) is 10.1. The minimum absolute atomic E-state index is 0.175. The Kier molecular flexibility index (Phi) is 2.57. The monoisotopic (exact) mass is 278 g/mol. The van der Waals surface area contributed by atoms with Crippen molar-refractivity contribution < 1.29 is 9.90 Å². The third kappa shape index (κ3) is 1.68. The Balaban J connectivity index is 2.22. The van der Waals surface area contributed by atoms with E-state index in [2.05, 4.69) is 4.98 Å². The molecule has 18 heavy (non-hydrogen) atoms. The summed E-state index contributed by atoms with van der Waals surface area (Å²) in [6.07, 6.45) is 5.21. The number of carboxylic acid groups (broad SMARTS) is 1. The molecule has 2 heterocycles. The van der Waals surface area contributed by atoms with Gasteiger partial charge >= 0.3 is 5.97 Å². The summed E-state index contributed by atoms with van der Waals surface area (Å²) < 4.78 is 2.71. The van der Waals surface area contributed by atoms with Crippen molar-refractivity contribution in [3.63, 3.8) is 0 Å². The molecule has 1 N–H and O–H groups in total. The molecule has 0 fully saturated rings. The number of rotatable bonds is 2. The lowest BCUT2D eigenvalue weighted by Crippen LogP contribution is -1.91. The average Bonchev–Trinajstić information content (AvgIpc) is 2.97. The highest BCUT2D eigenvalue weighted by molar-refractivity contribution is 7.21. The summed E-state index contributed by atoms with van der Waals surface area (Å²) in [6, 6.07) is 5.62. The Morgan fingerprint density at radius 3 is 2.94 bits per heavy atom. The zero-order valence-electron chi connectivity index (χ0n) is 9.00. The van der Waals surface area contributed by atoms with E-state index in [-0.39, 0.29) is 4.88 Å². The van der Waals surface area contributed by atoms with Crippen molar-refractivity contribution in [2.45, 2.75) is 0 Å². The molecule has 0 aliphatic carbocycles. The fourth-order valence-electron chi connectivity index (χ4n) is 1.76. The summed E-state index contributed by atoms with van der Waals surface area (Å²) in [5.41, 5.74) is 0.926. The SMILES string of the molecule is O=C(O)c1sc2cc(-n3ccnc3)ccc2c1Cl. The minimum atomic E-state index is -0.995. The molecule has 0 aliphatic rings. The molecule has 1 aromatic carbocycles. The molecule has 3 aromatic rings. The molecular weight excluding hydrogens is 272 g/mol. The lowest BCUT2D eigenvalue weighted by atomic mass is 10.2. The van der Waals surface area contributed by atoms with E-state index in [0.717, 1.165) is 15.8 Å². The van der Waals surface area contributed by atoms with Gasteiger partial charge in [-0.2, -0.15) is 0 Å². The van der Waals surface area contributed by atoms with Crippen LogP contribution in [-0.2, 0) is 0 Å². The first kappa shape index (κ1) is 11.3. The van der Waals surface area contributed by atoms with Crippen LogP contribution in [-0.4, -0.2) is 20.6 Å². The molecule has 0 amide bonds. The molecule has 0 radical (unpaired) electrons. The molecule has 3 rings (SSSR count). The Labute approximate surface area is 111 Å². The van der Waals surface area contributed by atoms with Crippen molar-refractivity contribution in [2.75, 3.05) is 0 Å². The first-order chi connectivity index (χ1) is 8.66. The van der Waals surface area contributed by atoms with Crippen LogP contribution >= 0.6 is 22.9 Å². The lowest BCUT2D eigenvalue weighted by Gasteiger charge is -2.01. The van der Waals surface area contributed by atoms with Gasteiger partial charge in [0.25, 0.3) is 0 Å². The van der Waals surface area contributed by atoms with Crippen molar-refractivity contribution in [3.05, 3.63) is 46.8 Å². The molecule has 0 bridgehead atoms. The zero-order valence-corrected chi connectivity index (χ0v) is 10.6. The molecule has 2 aromatic heterocycles. The quantitative estimate of drug-likeness (QED) is 0.781. The summed E-state index contributed by atoms with van der Waals surface area (Å²) in [6.45, 7) is 0. The van der Waals surface area contributed by atoms with Gasteiger partial charge in [-0.15, -0.1) is 11.3 Å². The van der Waals surface area contributed by atoms with Crippen LogP contribution in [0.3, 0.4) is 0 Å². The van der Waals surface area contributed by atoms with Crippen molar-refractivity contribution in [1.29, 1.82) is 0 Å². The molecule has 0 unspecified atom stereocenters. The van der Waals surface area contributed by atoms with E-state index in [0.29, 0.717) is 5.02 Å². The number of carboxylic acids is 1. The standard InChI is InChI=1S/C12H7ClN2O2S/c13-10-8-2-1-7(15-4-3-14-6-15)5-9(8)18-11(10)12(16)17/h1-6H,(H,16,17). The Bertz CT molecular complexity index is 734. The Morgan fingerprint density at radius 1 is 1.44 bits per heavy atom. The number of benzene rings is 1. The molecule has 0 aliphatic heterocycles. The number of aromatic nitrogens is 2. The molecule has 90 valence electrons. The van der Waals surface area contributed by atoms with Crippen molar-refractivity contribution in [2.24, 2.45) is 0 Å². The van der Waals surface area contributed by atoms with Crippen molar-refractivity contribution in [1.82, 2.24) is 9.55 Å². The second kappa shape index (κ2) is 4.12. The van der Waals surface area contributed by atoms with Gasteiger partial charge in [0.15, 0.2) is 0 Å². The highest BCUT2D eigenvalue weighted by atomic mass is 35.5. The third-order valence-electron chi connectivity index (χ3n) is 2.61. The largest absolute Gasteiger partial charge is 0.477 e. The maximum absolute atomic E-state index is 11.0. The maximum atomic E-state index is 11.0. The Hall–Kier alpha value is -1.85. The van der Waals surface area contributed by atoms with Crippen LogP contribution in [0.5, 0.6) is 0 Å². The normalized spacial score (nSPS) is 10.9. The third-order valence-corrected chi connectivity index (χ3v) is 4.26. The number of hydrogen-bond donors (Lipinski definition) is 1. The van der Waals surface area contributed by atoms with E-state index in [9.17, 15) is 4.79 Å². The van der Waals surface area contributed by atoms with Gasteiger partial charge in [-0.1, -0.05) is 11.6 Å². The average molecular weight is 279 g/mol. The summed E-state index contributed by atoms with van der Waals surface area (Å²) in [4.78, 5) is 15.2. The molecule has 0 atom stereocenters. The van der Waals surface area contributed by atoms with Gasteiger partial charge in [0.05, 0.1) is 11.3 Å². The van der Waals surface area contributed by atoms with E-state index in [1.165, 1.54) is 11.3 Å². The molecule has 0 spiro atoms. The van der Waals surface area contributed by atoms with Gasteiger partial charge in [0.2, 0.25) is 0 Å². The van der Waals surface area contributed by atoms with Crippen LogP contribution in [0.15, 0.2) is 36.9 Å². The van der Waals surface area contributed by atoms with Crippen molar-refractivity contribution >= 4 is 39.0 Å². The van der Waals surface area contributed by atoms with E-state index in [1.54, 1.807) is 12.5 Å². The van der Waals surface area contributed by atoms with E-state index < -0.39 is 5.97 Å². The fourth-order valence-corrected chi connectivity index (χ4v) is 3.15. The van der Waals surface area contributed by atoms with E-state index in [1.807, 2.05) is 29.0 Å². The number of aromatic carboxylic acids is 1. The fraction of sp³-hybridized carbons (Fsp3) is 0. The van der Waals surface area contributed by atoms with Crippen molar-refractivity contribution in [3.8, 4) is 5.69 Å². The summed E-state index contributed by atoms with van der Waals surface area (Å²) in [5.74, 6) is -0.995. The lowest BCUT2D eigenvalue weighted by molar-refractivity contribution is 0.0702. The molecule has 6 heteroatoms. The molecule has 0 saturated carbocycles. The topological polar surface area (TPSA) is 55.1 Å². The number of imidazole rings is 1. The second-order valence-corrected chi connectivity index (χ2v) is 5.13. The minimum Gasteiger partial charge on any atom is -0.477 e. The predicted octanol–water partition coefficient (Wildman–Crippen LogP) is 3.44. The molecular formula is C12H7ClN2O2S. The number of hydrogen-bond acceptors (Lipinski definition) is 3. The number of carbonyl (C=O) groups is 1. The number of nitrogens with zero attached hydrogens (tertiary/aromatic N) is 2. The number of halogens is 1. The molecule has 4 nitrogen and oxygen atoms in total. The van der Waals surface area contributed by atoms with Gasteiger partial charge in [-0.25, -0.2) is 9.78 Å². The van der Waals surface area contributed by atoms with Crippen LogP contribution < -0.4 is 0 Å². The van der Waals surface area contributed by atoms with Crippen LogP contribution in [0.1, 0.15) is 9.67 Å². The number of fused-ring (bicyclic) bond motifs is 1. The predicted molar refractivity (Wildman–Crippen MR) is 70.9 cm³/mol. The van der Waals surface area contributed by atoms with Crippen LogP contribution in [0, 0.1) is 0 Å². The van der Waals surface area contributed by atoms with Gasteiger partial charge in [-0.3, -0.25) is 0 Å². The smallest absolute Gasteiger partial charge is 0.347 e. The van der Waals surface area contributed by atoms with Crippen LogP contribution in [0.4, 0.5) is 0 Å². The molecule has 0 saturated heterocycles. The second-order valence-electron chi connectivity index (χ2n) is 3.70. The highest BCUT2D eigenvalue weighted by Crippen LogP contribution is 2.36. The van der Waals surface area contributed by atoms with Crippen LogP contribution in [0.25, 0.3) is 15.8 Å². The highest BCUT2D eigenvalue weighted by Gasteiger charge is 2.16. The summed E-state index contributed by atoms with van der Waals surface area (Å²) >= 11 is 7.22. The van der Waals surface area contributed by atoms with Gasteiger partial charge < -0.3 is 9.67 Å². The zero-order chi connectivity index (χ0) is 12.7. The summed E-state index contributed by atoms with van der Waals surface area (Å²) in [7, 11) is 0. The Morgan fingerprint density at radius 2 is 2.28 bits per heavy atom. The van der Waals surface area contributed by atoms with E-state index >= 15 is 0 Å². The van der Waals surface area contributed by atoms with E-state index in [4.69, 9.17) is 16.7 Å². The first-order valence-corrected chi connectivity index (χ1v) is 6.30. The van der Waals surface area contributed by atoms with Gasteiger partial charge in [-0.05, 0) is 18.2 Å². The van der Waals surface area contributed by atoms with Gasteiger partial charge in [0.1, 0.15) is 4.88 Å². The van der Waals surface area contributed by atoms with Crippen LogP contribution in [0.2, 0.25) is 5.02 Å².